The molecule has 0 radical (unpaired) electrons. The van der Waals surface area contributed by atoms with Gasteiger partial charge < -0.3 is 10.5 Å². The number of carbonyl (C=O) groups is 2. The largest absolute Gasteiger partial charge is 0.469 e. The molecule has 3 rings (SSSR count). The quantitative estimate of drug-likeness (QED) is 0.617. The van der Waals surface area contributed by atoms with E-state index in [4.69, 9.17) is 10.5 Å². The van der Waals surface area contributed by atoms with Gasteiger partial charge in [-0.25, -0.2) is 4.79 Å². The van der Waals surface area contributed by atoms with Gasteiger partial charge in [-0.15, -0.1) is 0 Å². The number of nitrogens with one attached hydrogen (secondary N) is 1. The molecule has 2 amide bonds. The van der Waals surface area contributed by atoms with Crippen LogP contribution in [0.25, 0.3) is 0 Å². The molecule has 0 aromatic heterocycles. The number of hydrogen-bond acceptors (Lipinski definition) is 4. The minimum atomic E-state index is -0.260. The van der Waals surface area contributed by atoms with Crippen molar-refractivity contribution in [3.63, 3.8) is 0 Å². The van der Waals surface area contributed by atoms with Crippen LogP contribution in [0, 0.1) is 0 Å². The van der Waals surface area contributed by atoms with Crippen molar-refractivity contribution in [1.82, 2.24) is 9.80 Å². The summed E-state index contributed by atoms with van der Waals surface area (Å²) in [5.41, 5.74) is 9.48. The van der Waals surface area contributed by atoms with Gasteiger partial charge in [0.1, 0.15) is 17.9 Å². The normalized spacial score (nSPS) is 19.2. The molecule has 1 aliphatic heterocycles. The molecule has 2 aromatic rings. The third-order valence-corrected chi connectivity index (χ3v) is 4.91. The number of amides is 2. The standard InChI is InChI=1S/C20H23N3O3/c1-26-19(24)11-8-16-4-2-3-5-18(16)23(13-12-22-20(23)25)17-9-6-15(14-21)7-10-17/h2-7,9-10H,8,11-14,21H2,1H3/p+1. The Bertz CT molecular complexity index is 804. The van der Waals surface area contributed by atoms with Crippen LogP contribution >= 0.6 is 0 Å². The summed E-state index contributed by atoms with van der Waals surface area (Å²) in [5, 5.41) is 2.96. The van der Waals surface area contributed by atoms with Gasteiger partial charge in [0.2, 0.25) is 0 Å². The molecular formula is C20H24N3O3+. The van der Waals surface area contributed by atoms with Gasteiger partial charge in [0.15, 0.2) is 0 Å². The van der Waals surface area contributed by atoms with Crippen molar-refractivity contribution >= 4 is 23.4 Å². The summed E-state index contributed by atoms with van der Waals surface area (Å²) in [6.45, 7) is 1.68. The maximum atomic E-state index is 12.9. The topological polar surface area (TPSA) is 81.4 Å². The SMILES string of the molecule is COC(=O)CCc1ccccc1[N+]1(c2ccc(CN)cc2)CCNC1=O. The van der Waals surface area contributed by atoms with Gasteiger partial charge in [-0.1, -0.05) is 30.3 Å². The number of ether oxygens (including phenoxy) is 1. The molecule has 3 N–H and O–H groups in total. The van der Waals surface area contributed by atoms with E-state index >= 15 is 0 Å². The van der Waals surface area contributed by atoms with Crippen LogP contribution in [0.2, 0.25) is 0 Å². The van der Waals surface area contributed by atoms with E-state index in [1.807, 2.05) is 48.5 Å². The number of hydrogen-bond donors (Lipinski definition) is 2. The molecule has 6 heteroatoms. The highest BCUT2D eigenvalue weighted by molar-refractivity contribution is 5.96. The lowest BCUT2D eigenvalue weighted by Crippen LogP contribution is -2.47. The Labute approximate surface area is 153 Å². The van der Waals surface area contributed by atoms with Crippen molar-refractivity contribution in [3.05, 3.63) is 59.7 Å². The maximum absolute atomic E-state index is 12.9. The molecule has 26 heavy (non-hydrogen) atoms. The van der Waals surface area contributed by atoms with Gasteiger partial charge in [-0.3, -0.25) is 10.1 Å². The van der Waals surface area contributed by atoms with Crippen molar-refractivity contribution in [1.29, 1.82) is 0 Å². The van der Waals surface area contributed by atoms with E-state index in [1.165, 1.54) is 7.11 Å². The lowest BCUT2D eigenvalue weighted by Gasteiger charge is -2.30. The molecule has 0 bridgehead atoms. The highest BCUT2D eigenvalue weighted by Crippen LogP contribution is 2.39. The van der Waals surface area contributed by atoms with Crippen molar-refractivity contribution < 1.29 is 14.3 Å². The number of esters is 1. The predicted octanol–water partition coefficient (Wildman–Crippen LogP) is 2.61. The smallest absolute Gasteiger partial charge is 0.427 e. The highest BCUT2D eigenvalue weighted by atomic mass is 16.5. The van der Waals surface area contributed by atoms with E-state index < -0.39 is 0 Å². The van der Waals surface area contributed by atoms with Crippen LogP contribution in [0.4, 0.5) is 16.2 Å². The number of urea groups is 1. The number of para-hydroxylation sites is 1. The first-order valence-corrected chi connectivity index (χ1v) is 8.73. The minimum absolute atomic E-state index is 0.0592. The monoisotopic (exact) mass is 354 g/mol. The molecule has 1 fully saturated rings. The van der Waals surface area contributed by atoms with E-state index in [0.29, 0.717) is 26.1 Å². The fraction of sp³-hybridized carbons (Fsp3) is 0.300. The van der Waals surface area contributed by atoms with Gasteiger partial charge >= 0.3 is 12.0 Å². The van der Waals surface area contributed by atoms with Gasteiger partial charge in [-0.2, -0.15) is 4.48 Å². The van der Waals surface area contributed by atoms with Gasteiger partial charge in [0.25, 0.3) is 0 Å². The predicted molar refractivity (Wildman–Crippen MR) is 101 cm³/mol. The van der Waals surface area contributed by atoms with Gasteiger partial charge in [0.05, 0.1) is 13.7 Å². The average Bonchev–Trinajstić information content (AvgIpc) is 3.08. The zero-order valence-corrected chi connectivity index (χ0v) is 14.9. The highest BCUT2D eigenvalue weighted by Gasteiger charge is 2.47. The Kier molecular flexibility index (Phi) is 5.35. The molecule has 0 spiro atoms. The van der Waals surface area contributed by atoms with E-state index in [9.17, 15) is 9.59 Å². The fourth-order valence-electron chi connectivity index (χ4n) is 3.50. The molecule has 136 valence electrons. The van der Waals surface area contributed by atoms with Crippen LogP contribution in [0.5, 0.6) is 0 Å². The third kappa shape index (κ3) is 3.21. The molecule has 1 atom stereocenters. The van der Waals surface area contributed by atoms with Crippen LogP contribution in [0.15, 0.2) is 48.5 Å². The number of nitrogens with zero attached hydrogens (tertiary/aromatic N) is 1. The van der Waals surface area contributed by atoms with Crippen LogP contribution in [0.1, 0.15) is 17.5 Å². The van der Waals surface area contributed by atoms with Gasteiger partial charge in [0, 0.05) is 36.7 Å². The van der Waals surface area contributed by atoms with Gasteiger partial charge in [-0.05, 0) is 12.0 Å². The lowest BCUT2D eigenvalue weighted by molar-refractivity contribution is -0.140. The second-order valence-electron chi connectivity index (χ2n) is 6.34. The molecule has 1 unspecified atom stereocenters. The minimum Gasteiger partial charge on any atom is -0.469 e. The number of methoxy groups -OCH3 is 1. The fourth-order valence-corrected chi connectivity index (χ4v) is 3.50. The van der Waals surface area contributed by atoms with Crippen molar-refractivity contribution in [2.75, 3.05) is 20.2 Å². The summed E-state index contributed by atoms with van der Waals surface area (Å²) in [7, 11) is 1.38. The summed E-state index contributed by atoms with van der Waals surface area (Å²) in [5.74, 6) is -0.260. The van der Waals surface area contributed by atoms with E-state index in [0.717, 1.165) is 22.5 Å². The summed E-state index contributed by atoms with van der Waals surface area (Å²) < 4.78 is 4.86. The molecule has 1 saturated heterocycles. The van der Waals surface area contributed by atoms with E-state index in [1.54, 1.807) is 0 Å². The van der Waals surface area contributed by atoms with Crippen LogP contribution in [0.3, 0.4) is 0 Å². The number of aryl methyl sites for hydroxylation is 1. The number of quaternary nitrogens is 1. The summed E-state index contributed by atoms with van der Waals surface area (Å²) in [6, 6.07) is 15.6. The molecular weight excluding hydrogens is 330 g/mol. The zero-order chi connectivity index (χ0) is 18.6. The number of benzene rings is 2. The molecule has 2 aromatic carbocycles. The average molecular weight is 354 g/mol. The summed E-state index contributed by atoms with van der Waals surface area (Å²) in [6.07, 6.45) is 0.804. The molecule has 1 aliphatic rings. The maximum Gasteiger partial charge on any atom is 0.427 e. The number of carbonyl (C=O) groups excluding carboxylic acids is 2. The Morgan fingerprint density at radius 1 is 1.19 bits per heavy atom. The molecule has 0 aliphatic carbocycles. The summed E-state index contributed by atoms with van der Waals surface area (Å²) >= 11 is 0. The van der Waals surface area contributed by atoms with Crippen LogP contribution < -0.4 is 15.5 Å². The second-order valence-corrected chi connectivity index (χ2v) is 6.34. The van der Waals surface area contributed by atoms with Crippen molar-refractivity contribution in [2.24, 2.45) is 5.73 Å². The molecule has 6 nitrogen and oxygen atoms in total. The Balaban J connectivity index is 2.06. The molecule has 1 heterocycles. The second kappa shape index (κ2) is 7.68. The lowest BCUT2D eigenvalue weighted by atomic mass is 10.0. The number of rotatable bonds is 6. The zero-order valence-electron chi connectivity index (χ0n) is 14.9. The van der Waals surface area contributed by atoms with E-state index in [-0.39, 0.29) is 22.9 Å². The first kappa shape index (κ1) is 18.1. The van der Waals surface area contributed by atoms with Crippen LogP contribution in [-0.4, -0.2) is 32.2 Å². The van der Waals surface area contributed by atoms with Crippen molar-refractivity contribution in [2.45, 2.75) is 19.4 Å². The third-order valence-electron chi connectivity index (χ3n) is 4.91. The first-order chi connectivity index (χ1) is 12.6. The Hall–Kier alpha value is -2.70. The van der Waals surface area contributed by atoms with Crippen molar-refractivity contribution in [3.8, 4) is 0 Å². The summed E-state index contributed by atoms with van der Waals surface area (Å²) in [4.78, 5) is 24.5. The first-order valence-electron chi connectivity index (χ1n) is 8.73. The Morgan fingerprint density at radius 3 is 2.54 bits per heavy atom. The molecule has 0 saturated carbocycles. The van der Waals surface area contributed by atoms with E-state index in [2.05, 4.69) is 5.32 Å². The van der Waals surface area contributed by atoms with Crippen LogP contribution in [-0.2, 0) is 22.5 Å². The number of nitrogens with two attached hydrogens (primary N) is 1. The Morgan fingerprint density at radius 2 is 1.92 bits per heavy atom.